The molecule has 13 heavy (non-hydrogen) atoms. The minimum atomic E-state index is 0.433. The Morgan fingerprint density at radius 3 is 3.00 bits per heavy atom. The molecule has 2 heterocycles. The Morgan fingerprint density at radius 2 is 2.31 bits per heavy atom. The number of nitrogens with two attached hydrogens (primary N) is 1. The Balaban J connectivity index is 2.82. The van der Waals surface area contributed by atoms with Crippen molar-refractivity contribution in [3.05, 3.63) is 6.33 Å². The highest BCUT2D eigenvalue weighted by atomic mass is 31.0. The number of fused-ring (bicyclic) bond motifs is 1. The zero-order valence-corrected chi connectivity index (χ0v) is 8.38. The van der Waals surface area contributed by atoms with Crippen molar-refractivity contribution in [3.63, 3.8) is 0 Å². The van der Waals surface area contributed by atoms with Gasteiger partial charge in [-0.2, -0.15) is 0 Å². The number of anilines is 1. The summed E-state index contributed by atoms with van der Waals surface area (Å²) < 4.78 is 1.93. The third-order valence-corrected chi connectivity index (χ3v) is 2.11. The van der Waals surface area contributed by atoms with Crippen molar-refractivity contribution in [2.24, 2.45) is 0 Å². The second kappa shape index (κ2) is 2.92. The van der Waals surface area contributed by atoms with E-state index in [4.69, 9.17) is 5.73 Å². The monoisotopic (exact) mass is 195 g/mol. The molecule has 0 aliphatic carbocycles. The molecule has 0 saturated carbocycles. The van der Waals surface area contributed by atoms with Crippen molar-refractivity contribution in [1.29, 1.82) is 0 Å². The van der Waals surface area contributed by atoms with Crippen LogP contribution >= 0.6 is 9.24 Å². The molecule has 5 nitrogen and oxygen atoms in total. The van der Waals surface area contributed by atoms with E-state index in [1.807, 2.05) is 11.5 Å². The van der Waals surface area contributed by atoms with E-state index in [0.717, 1.165) is 12.2 Å². The van der Waals surface area contributed by atoms with Crippen molar-refractivity contribution in [2.75, 3.05) is 5.73 Å². The molecule has 0 aromatic carbocycles. The molecule has 0 radical (unpaired) electrons. The molecule has 1 unspecified atom stereocenters. The van der Waals surface area contributed by atoms with Gasteiger partial charge in [-0.05, 0) is 6.92 Å². The Hall–Kier alpha value is -1.22. The molecule has 0 aliphatic heterocycles. The van der Waals surface area contributed by atoms with Gasteiger partial charge in [0.15, 0.2) is 11.5 Å². The molecule has 2 aromatic heterocycles. The van der Waals surface area contributed by atoms with Gasteiger partial charge < -0.3 is 10.3 Å². The molecule has 2 aromatic rings. The number of aryl methyl sites for hydroxylation is 1. The van der Waals surface area contributed by atoms with E-state index >= 15 is 0 Å². The SMILES string of the molecule is CCn1cnc2c(N)nc(P)nc21. The minimum absolute atomic E-state index is 0.433. The van der Waals surface area contributed by atoms with Gasteiger partial charge in [-0.3, -0.25) is 0 Å². The zero-order chi connectivity index (χ0) is 9.42. The molecule has 2 N–H and O–H groups in total. The first-order chi connectivity index (χ1) is 6.22. The van der Waals surface area contributed by atoms with E-state index in [9.17, 15) is 0 Å². The summed E-state index contributed by atoms with van der Waals surface area (Å²) in [6.45, 7) is 2.86. The van der Waals surface area contributed by atoms with Crippen LogP contribution in [0, 0.1) is 0 Å². The Labute approximate surface area is 77.6 Å². The van der Waals surface area contributed by atoms with Crippen LogP contribution < -0.4 is 11.3 Å². The van der Waals surface area contributed by atoms with Gasteiger partial charge in [-0.1, -0.05) is 9.24 Å². The van der Waals surface area contributed by atoms with Gasteiger partial charge >= 0.3 is 0 Å². The summed E-state index contributed by atoms with van der Waals surface area (Å²) in [5, 5.41) is 0. The first-order valence-corrected chi connectivity index (χ1v) is 4.54. The molecule has 0 bridgehead atoms. The summed E-state index contributed by atoms with van der Waals surface area (Å²) in [5.41, 5.74) is 7.75. The standard InChI is InChI=1S/C7H10N5P/c1-2-12-3-9-4-5(8)10-7(13)11-6(4)12/h3H,2,13H2,1H3,(H2,8,10,11). The van der Waals surface area contributed by atoms with Gasteiger partial charge in [0.25, 0.3) is 0 Å². The summed E-state index contributed by atoms with van der Waals surface area (Å²) >= 11 is 0. The van der Waals surface area contributed by atoms with Gasteiger partial charge in [0.2, 0.25) is 0 Å². The van der Waals surface area contributed by atoms with Crippen LogP contribution in [0.4, 0.5) is 5.82 Å². The smallest absolute Gasteiger partial charge is 0.166 e. The van der Waals surface area contributed by atoms with E-state index in [-0.39, 0.29) is 0 Å². The summed E-state index contributed by atoms with van der Waals surface area (Å²) in [4.78, 5) is 12.4. The van der Waals surface area contributed by atoms with Crippen LogP contribution in [-0.4, -0.2) is 19.5 Å². The average molecular weight is 195 g/mol. The van der Waals surface area contributed by atoms with Crippen LogP contribution in [0.25, 0.3) is 11.2 Å². The number of imidazole rings is 1. The lowest BCUT2D eigenvalue weighted by molar-refractivity contribution is 0.778. The maximum atomic E-state index is 5.68. The Kier molecular flexibility index (Phi) is 1.88. The molecule has 0 aliphatic rings. The second-order valence-electron chi connectivity index (χ2n) is 2.67. The van der Waals surface area contributed by atoms with E-state index in [1.165, 1.54) is 0 Å². The average Bonchev–Trinajstić information content (AvgIpc) is 2.47. The third kappa shape index (κ3) is 1.25. The molecule has 0 saturated heterocycles. The maximum Gasteiger partial charge on any atom is 0.166 e. The molecule has 0 fully saturated rings. The summed E-state index contributed by atoms with van der Waals surface area (Å²) in [5.74, 6) is 0.433. The molecule has 6 heteroatoms. The number of hydrogen-bond donors (Lipinski definition) is 1. The van der Waals surface area contributed by atoms with Gasteiger partial charge in [0, 0.05) is 6.54 Å². The fourth-order valence-electron chi connectivity index (χ4n) is 1.22. The van der Waals surface area contributed by atoms with Crippen molar-refractivity contribution >= 4 is 31.8 Å². The van der Waals surface area contributed by atoms with Crippen molar-refractivity contribution in [3.8, 4) is 0 Å². The van der Waals surface area contributed by atoms with E-state index in [0.29, 0.717) is 16.9 Å². The van der Waals surface area contributed by atoms with E-state index < -0.39 is 0 Å². The predicted octanol–water partition coefficient (Wildman–Crippen LogP) is -0.0712. The number of nitrogen functional groups attached to an aromatic ring is 1. The highest BCUT2D eigenvalue weighted by molar-refractivity contribution is 7.26. The zero-order valence-electron chi connectivity index (χ0n) is 7.23. The Bertz CT molecular complexity index is 449. The van der Waals surface area contributed by atoms with Crippen molar-refractivity contribution < 1.29 is 0 Å². The normalized spacial score (nSPS) is 10.9. The summed E-state index contributed by atoms with van der Waals surface area (Å²) in [7, 11) is 2.43. The van der Waals surface area contributed by atoms with Gasteiger partial charge in [0.05, 0.1) is 6.33 Å². The quantitative estimate of drug-likeness (QED) is 0.646. The molecule has 0 spiro atoms. The van der Waals surface area contributed by atoms with E-state index in [2.05, 4.69) is 24.2 Å². The van der Waals surface area contributed by atoms with E-state index in [1.54, 1.807) is 6.33 Å². The summed E-state index contributed by atoms with van der Waals surface area (Å²) in [6.07, 6.45) is 1.72. The number of nitrogens with zero attached hydrogens (tertiary/aromatic N) is 4. The molecule has 0 amide bonds. The van der Waals surface area contributed by atoms with Crippen LogP contribution in [0.15, 0.2) is 6.33 Å². The van der Waals surface area contributed by atoms with Crippen LogP contribution in [0.3, 0.4) is 0 Å². The lowest BCUT2D eigenvalue weighted by Crippen LogP contribution is -2.09. The first kappa shape index (κ1) is 8.38. The second-order valence-corrected chi connectivity index (χ2v) is 3.19. The number of rotatable bonds is 1. The van der Waals surface area contributed by atoms with Crippen LogP contribution in [-0.2, 0) is 6.54 Å². The highest BCUT2D eigenvalue weighted by Crippen LogP contribution is 2.13. The van der Waals surface area contributed by atoms with Gasteiger partial charge in [-0.25, -0.2) is 15.0 Å². The fraction of sp³-hybridized carbons (Fsp3) is 0.286. The molecular formula is C7H10N5P. The molecule has 1 atom stereocenters. The molecular weight excluding hydrogens is 185 g/mol. The maximum absolute atomic E-state index is 5.68. The Morgan fingerprint density at radius 1 is 1.54 bits per heavy atom. The van der Waals surface area contributed by atoms with Crippen molar-refractivity contribution in [2.45, 2.75) is 13.5 Å². The number of aromatic nitrogens is 4. The first-order valence-electron chi connectivity index (χ1n) is 3.96. The lowest BCUT2D eigenvalue weighted by Gasteiger charge is -1.99. The predicted molar refractivity (Wildman–Crippen MR) is 54.8 cm³/mol. The third-order valence-electron chi connectivity index (χ3n) is 1.85. The minimum Gasteiger partial charge on any atom is -0.382 e. The topological polar surface area (TPSA) is 69.6 Å². The lowest BCUT2D eigenvalue weighted by atomic mass is 10.5. The van der Waals surface area contributed by atoms with Crippen LogP contribution in [0.1, 0.15) is 6.92 Å². The molecule has 68 valence electrons. The van der Waals surface area contributed by atoms with Crippen molar-refractivity contribution in [1.82, 2.24) is 19.5 Å². The number of hydrogen-bond acceptors (Lipinski definition) is 4. The van der Waals surface area contributed by atoms with Gasteiger partial charge in [0.1, 0.15) is 11.1 Å². The largest absolute Gasteiger partial charge is 0.382 e. The van der Waals surface area contributed by atoms with Crippen LogP contribution in [0.2, 0.25) is 0 Å². The highest BCUT2D eigenvalue weighted by Gasteiger charge is 2.07. The van der Waals surface area contributed by atoms with Crippen LogP contribution in [0.5, 0.6) is 0 Å². The fourth-order valence-corrected chi connectivity index (χ4v) is 1.48. The van der Waals surface area contributed by atoms with Gasteiger partial charge in [-0.15, -0.1) is 0 Å². The molecule has 2 rings (SSSR count). The summed E-state index contributed by atoms with van der Waals surface area (Å²) in [6, 6.07) is 0.